The van der Waals surface area contributed by atoms with E-state index in [2.05, 4.69) is 36.5 Å². The fraction of sp³-hybridized carbons (Fsp3) is 0.429. The van der Waals surface area contributed by atoms with Gasteiger partial charge in [0, 0.05) is 0 Å². The van der Waals surface area contributed by atoms with Gasteiger partial charge in [0.2, 0.25) is 0 Å². The van der Waals surface area contributed by atoms with Crippen molar-refractivity contribution >= 4 is 6.08 Å². The molecule has 0 bridgehead atoms. The molecule has 0 aliphatic carbocycles. The maximum atomic E-state index is 5.45. The second kappa shape index (κ2) is 7.94. The third-order valence-electron chi connectivity index (χ3n) is 2.22. The number of benzene rings is 1. The molecule has 0 unspecified atom stereocenters. The van der Waals surface area contributed by atoms with Crippen molar-refractivity contribution in [1.82, 2.24) is 5.32 Å². The van der Waals surface area contributed by atoms with Gasteiger partial charge in [-0.25, -0.2) is 0 Å². The number of rotatable bonds is 7. The Hall–Kier alpha value is -1.28. The summed E-state index contributed by atoms with van der Waals surface area (Å²) in [7, 11) is 0. The zero-order valence-electron chi connectivity index (χ0n) is 10.2. The average molecular weight is 219 g/mol. The normalized spacial score (nSPS) is 10.9. The minimum absolute atomic E-state index is 0.716. The molecule has 88 valence electrons. The van der Waals surface area contributed by atoms with Gasteiger partial charge >= 0.3 is 0 Å². The van der Waals surface area contributed by atoms with Crippen LogP contribution in [0, 0.1) is 0 Å². The van der Waals surface area contributed by atoms with Crippen LogP contribution in [0.5, 0.6) is 5.75 Å². The van der Waals surface area contributed by atoms with Gasteiger partial charge in [-0.2, -0.15) is 0 Å². The molecule has 1 aromatic rings. The summed E-state index contributed by atoms with van der Waals surface area (Å²) in [6.45, 7) is 6.91. The van der Waals surface area contributed by atoms with E-state index < -0.39 is 0 Å². The standard InChI is InChI=1S/C14H21NO/c1-3-15-11-6-5-8-13-9-7-10-14(12-13)16-4-2/h5,7-10,12,15H,3-4,6,11H2,1-2H3. The van der Waals surface area contributed by atoms with Crippen molar-refractivity contribution in [3.63, 3.8) is 0 Å². The summed E-state index contributed by atoms with van der Waals surface area (Å²) in [6.07, 6.45) is 5.39. The lowest BCUT2D eigenvalue weighted by Gasteiger charge is -2.03. The fourth-order valence-corrected chi connectivity index (χ4v) is 1.46. The molecule has 0 aliphatic rings. The molecule has 0 heterocycles. The van der Waals surface area contributed by atoms with Crippen LogP contribution < -0.4 is 10.1 Å². The minimum Gasteiger partial charge on any atom is -0.494 e. The predicted octanol–water partition coefficient (Wildman–Crippen LogP) is 3.10. The van der Waals surface area contributed by atoms with Crippen LogP contribution in [-0.4, -0.2) is 19.7 Å². The first-order chi connectivity index (χ1) is 7.86. The molecule has 1 rings (SSSR count). The Balaban J connectivity index is 2.43. The molecule has 0 spiro atoms. The largest absolute Gasteiger partial charge is 0.494 e. The lowest BCUT2D eigenvalue weighted by molar-refractivity contribution is 0.340. The van der Waals surface area contributed by atoms with Crippen LogP contribution in [0.3, 0.4) is 0 Å². The van der Waals surface area contributed by atoms with Gasteiger partial charge in [0.15, 0.2) is 0 Å². The van der Waals surface area contributed by atoms with E-state index in [9.17, 15) is 0 Å². The molecule has 0 aliphatic heterocycles. The molecule has 1 aromatic carbocycles. The van der Waals surface area contributed by atoms with Crippen molar-refractivity contribution in [2.75, 3.05) is 19.7 Å². The zero-order chi connectivity index (χ0) is 11.6. The Kier molecular flexibility index (Phi) is 6.35. The quantitative estimate of drug-likeness (QED) is 0.711. The highest BCUT2D eigenvalue weighted by atomic mass is 16.5. The Morgan fingerprint density at radius 1 is 1.31 bits per heavy atom. The van der Waals surface area contributed by atoms with Gasteiger partial charge in [-0.1, -0.05) is 31.2 Å². The molecule has 2 nitrogen and oxygen atoms in total. The molecule has 0 amide bonds. The summed E-state index contributed by atoms with van der Waals surface area (Å²) in [5.74, 6) is 0.941. The van der Waals surface area contributed by atoms with E-state index in [1.807, 2.05) is 19.1 Å². The third kappa shape index (κ3) is 4.99. The van der Waals surface area contributed by atoms with E-state index in [0.717, 1.165) is 25.3 Å². The lowest BCUT2D eigenvalue weighted by atomic mass is 10.2. The minimum atomic E-state index is 0.716. The molecule has 0 saturated carbocycles. The number of hydrogen-bond acceptors (Lipinski definition) is 2. The Bertz CT molecular complexity index is 320. The van der Waals surface area contributed by atoms with E-state index in [4.69, 9.17) is 4.74 Å². The van der Waals surface area contributed by atoms with Crippen molar-refractivity contribution in [2.45, 2.75) is 20.3 Å². The van der Waals surface area contributed by atoms with Gasteiger partial charge in [-0.3, -0.25) is 0 Å². The monoisotopic (exact) mass is 219 g/mol. The van der Waals surface area contributed by atoms with E-state index in [1.165, 1.54) is 5.56 Å². The van der Waals surface area contributed by atoms with Gasteiger partial charge in [0.25, 0.3) is 0 Å². The van der Waals surface area contributed by atoms with Crippen LogP contribution >= 0.6 is 0 Å². The maximum absolute atomic E-state index is 5.45. The summed E-state index contributed by atoms with van der Waals surface area (Å²) in [5.41, 5.74) is 1.20. The highest BCUT2D eigenvalue weighted by molar-refractivity contribution is 5.51. The fourth-order valence-electron chi connectivity index (χ4n) is 1.46. The van der Waals surface area contributed by atoms with E-state index in [0.29, 0.717) is 6.61 Å². The Morgan fingerprint density at radius 3 is 2.94 bits per heavy atom. The van der Waals surface area contributed by atoms with E-state index >= 15 is 0 Å². The molecule has 2 heteroatoms. The number of nitrogens with one attached hydrogen (secondary N) is 1. The molecule has 0 saturated heterocycles. The SMILES string of the molecule is CCNCCC=Cc1cccc(OCC)c1. The van der Waals surface area contributed by atoms with Gasteiger partial charge in [-0.15, -0.1) is 0 Å². The van der Waals surface area contributed by atoms with Crippen molar-refractivity contribution in [3.05, 3.63) is 35.9 Å². The van der Waals surface area contributed by atoms with Gasteiger partial charge < -0.3 is 10.1 Å². The van der Waals surface area contributed by atoms with Crippen LogP contribution in [0.15, 0.2) is 30.3 Å². The molecule has 16 heavy (non-hydrogen) atoms. The highest BCUT2D eigenvalue weighted by Crippen LogP contribution is 2.14. The smallest absolute Gasteiger partial charge is 0.119 e. The molecule has 0 radical (unpaired) electrons. The van der Waals surface area contributed by atoms with Crippen molar-refractivity contribution in [3.8, 4) is 5.75 Å². The van der Waals surface area contributed by atoms with Gasteiger partial charge in [0.05, 0.1) is 6.61 Å². The first-order valence-electron chi connectivity index (χ1n) is 5.97. The van der Waals surface area contributed by atoms with Crippen LogP contribution in [-0.2, 0) is 0 Å². The van der Waals surface area contributed by atoms with Gasteiger partial charge in [-0.05, 0) is 44.1 Å². The number of ether oxygens (including phenoxy) is 1. The maximum Gasteiger partial charge on any atom is 0.119 e. The molecular weight excluding hydrogens is 198 g/mol. The zero-order valence-corrected chi connectivity index (χ0v) is 10.2. The summed E-state index contributed by atoms with van der Waals surface area (Å²) in [6, 6.07) is 8.16. The summed E-state index contributed by atoms with van der Waals surface area (Å²) >= 11 is 0. The first-order valence-corrected chi connectivity index (χ1v) is 5.97. The summed E-state index contributed by atoms with van der Waals surface area (Å²) < 4.78 is 5.45. The molecule has 0 aromatic heterocycles. The van der Waals surface area contributed by atoms with E-state index in [-0.39, 0.29) is 0 Å². The second-order valence-corrected chi connectivity index (χ2v) is 3.55. The average Bonchev–Trinajstić information content (AvgIpc) is 2.30. The lowest BCUT2D eigenvalue weighted by Crippen LogP contribution is -2.12. The van der Waals surface area contributed by atoms with Crippen LogP contribution in [0.25, 0.3) is 6.08 Å². The topological polar surface area (TPSA) is 21.3 Å². The first kappa shape index (κ1) is 12.8. The third-order valence-corrected chi connectivity index (χ3v) is 2.22. The summed E-state index contributed by atoms with van der Waals surface area (Å²) in [5, 5.41) is 3.29. The van der Waals surface area contributed by atoms with Crippen LogP contribution in [0.1, 0.15) is 25.8 Å². The Morgan fingerprint density at radius 2 is 2.19 bits per heavy atom. The van der Waals surface area contributed by atoms with E-state index in [1.54, 1.807) is 0 Å². The van der Waals surface area contributed by atoms with Crippen molar-refractivity contribution in [2.24, 2.45) is 0 Å². The Labute approximate surface area is 98.3 Å². The van der Waals surface area contributed by atoms with Crippen molar-refractivity contribution in [1.29, 1.82) is 0 Å². The predicted molar refractivity (Wildman–Crippen MR) is 69.8 cm³/mol. The summed E-state index contributed by atoms with van der Waals surface area (Å²) in [4.78, 5) is 0. The van der Waals surface area contributed by atoms with Gasteiger partial charge in [0.1, 0.15) is 5.75 Å². The molecule has 1 N–H and O–H groups in total. The molecule has 0 atom stereocenters. The van der Waals surface area contributed by atoms with Crippen LogP contribution in [0.4, 0.5) is 0 Å². The highest BCUT2D eigenvalue weighted by Gasteiger charge is 1.92. The number of hydrogen-bond donors (Lipinski definition) is 1. The molecular formula is C14H21NO. The van der Waals surface area contributed by atoms with Crippen molar-refractivity contribution < 1.29 is 4.74 Å². The second-order valence-electron chi connectivity index (χ2n) is 3.55. The van der Waals surface area contributed by atoms with Crippen LogP contribution in [0.2, 0.25) is 0 Å². The molecule has 0 fully saturated rings.